The maximum atomic E-state index is 12.0. The molecule has 0 aromatic carbocycles. The summed E-state index contributed by atoms with van der Waals surface area (Å²) in [6, 6.07) is 0. The number of rotatable bonds is 0. The van der Waals surface area contributed by atoms with Crippen molar-refractivity contribution >= 4 is 17.2 Å². The molecule has 3 aliphatic carbocycles. The third kappa shape index (κ3) is 3.04. The minimum atomic E-state index is 0.246. The van der Waals surface area contributed by atoms with Gasteiger partial charge in [-0.15, -0.1) is 0 Å². The number of carbonyl (C=O) groups is 1. The Bertz CT molecular complexity index is 524. The van der Waals surface area contributed by atoms with Crippen LogP contribution in [0.1, 0.15) is 71.6 Å². The van der Waals surface area contributed by atoms with Crippen LogP contribution in [0.3, 0.4) is 0 Å². The number of fused-ring (bicyclic) bond motifs is 3. The first-order valence-electron chi connectivity index (χ1n) is 9.49. The van der Waals surface area contributed by atoms with Crippen molar-refractivity contribution in [2.75, 3.05) is 7.05 Å². The smallest absolute Gasteiger partial charge is 0.132 e. The molecule has 0 spiro atoms. The standard InChI is InChI=1S/C20H32N2O/c1-13-7-8-15(23)5-4-6-17-16(13)12-19(21)18-11-14(22-3)9-10-20(17,18)2/h13,16-18,21H,4-12H2,1-3H3. The third-order valence-corrected chi connectivity index (χ3v) is 7.32. The highest BCUT2D eigenvalue weighted by Gasteiger charge is 2.52. The molecule has 3 rings (SSSR count). The molecule has 128 valence electrons. The summed E-state index contributed by atoms with van der Waals surface area (Å²) < 4.78 is 0. The molecule has 5 atom stereocenters. The summed E-state index contributed by atoms with van der Waals surface area (Å²) in [7, 11) is 1.90. The molecule has 0 aromatic rings. The third-order valence-electron chi connectivity index (χ3n) is 7.32. The second kappa shape index (κ2) is 6.49. The van der Waals surface area contributed by atoms with Crippen LogP contribution in [0.4, 0.5) is 0 Å². The van der Waals surface area contributed by atoms with E-state index in [9.17, 15) is 4.79 Å². The summed E-state index contributed by atoms with van der Waals surface area (Å²) in [4.78, 5) is 16.4. The second-order valence-corrected chi connectivity index (χ2v) is 8.50. The zero-order chi connectivity index (χ0) is 16.6. The molecule has 0 heterocycles. The van der Waals surface area contributed by atoms with E-state index in [1.165, 1.54) is 18.6 Å². The minimum Gasteiger partial charge on any atom is -0.309 e. The van der Waals surface area contributed by atoms with Crippen molar-refractivity contribution in [2.24, 2.45) is 34.1 Å². The maximum Gasteiger partial charge on any atom is 0.132 e. The first-order valence-corrected chi connectivity index (χ1v) is 9.49. The molecule has 0 saturated heterocycles. The number of Topliss-reactive ketones (excluding diaryl/α,β-unsaturated/α-hetero) is 1. The Morgan fingerprint density at radius 3 is 2.70 bits per heavy atom. The van der Waals surface area contributed by atoms with Gasteiger partial charge in [-0.25, -0.2) is 0 Å². The summed E-state index contributed by atoms with van der Waals surface area (Å²) in [5.41, 5.74) is 2.52. The SMILES string of the molecule is CN=C1CCC2(C)C(C1)C(=N)CC1C(C)CCC(=O)CCCC12. The van der Waals surface area contributed by atoms with Gasteiger partial charge in [0.25, 0.3) is 0 Å². The van der Waals surface area contributed by atoms with Gasteiger partial charge in [-0.05, 0) is 68.1 Å². The number of ketones is 1. The highest BCUT2D eigenvalue weighted by molar-refractivity contribution is 5.94. The van der Waals surface area contributed by atoms with Crippen molar-refractivity contribution in [3.05, 3.63) is 0 Å². The Morgan fingerprint density at radius 1 is 1.17 bits per heavy atom. The number of aliphatic imine (C=N–C) groups is 1. The number of hydrogen-bond donors (Lipinski definition) is 1. The largest absolute Gasteiger partial charge is 0.309 e. The van der Waals surface area contributed by atoms with Crippen molar-refractivity contribution < 1.29 is 4.79 Å². The van der Waals surface area contributed by atoms with Crippen LogP contribution in [-0.4, -0.2) is 24.3 Å². The fourth-order valence-corrected chi connectivity index (χ4v) is 5.74. The molecule has 3 nitrogen and oxygen atoms in total. The Morgan fingerprint density at radius 2 is 1.96 bits per heavy atom. The summed E-state index contributed by atoms with van der Waals surface area (Å²) >= 11 is 0. The molecule has 0 aliphatic heterocycles. The van der Waals surface area contributed by atoms with E-state index >= 15 is 0 Å². The van der Waals surface area contributed by atoms with Crippen molar-refractivity contribution in [2.45, 2.75) is 71.6 Å². The monoisotopic (exact) mass is 316 g/mol. The van der Waals surface area contributed by atoms with E-state index in [1.807, 2.05) is 7.05 Å². The van der Waals surface area contributed by atoms with Gasteiger partial charge < -0.3 is 5.41 Å². The van der Waals surface area contributed by atoms with E-state index < -0.39 is 0 Å². The van der Waals surface area contributed by atoms with Crippen LogP contribution in [0.5, 0.6) is 0 Å². The lowest BCUT2D eigenvalue weighted by Gasteiger charge is -2.55. The quantitative estimate of drug-likeness (QED) is 0.692. The Balaban J connectivity index is 1.91. The van der Waals surface area contributed by atoms with Gasteiger partial charge in [-0.1, -0.05) is 13.8 Å². The molecule has 1 N–H and O–H groups in total. The van der Waals surface area contributed by atoms with Gasteiger partial charge in [0.2, 0.25) is 0 Å². The molecular formula is C20H32N2O. The molecule has 23 heavy (non-hydrogen) atoms. The highest BCUT2D eigenvalue weighted by atomic mass is 16.1. The molecule has 3 aliphatic rings. The zero-order valence-electron chi connectivity index (χ0n) is 15.0. The number of nitrogens with zero attached hydrogens (tertiary/aromatic N) is 1. The van der Waals surface area contributed by atoms with Crippen molar-refractivity contribution in [1.29, 1.82) is 5.41 Å². The molecule has 0 bridgehead atoms. The van der Waals surface area contributed by atoms with Crippen molar-refractivity contribution in [3.63, 3.8) is 0 Å². The molecule has 3 heteroatoms. The van der Waals surface area contributed by atoms with Crippen LogP contribution in [0.25, 0.3) is 0 Å². The summed E-state index contributed by atoms with van der Waals surface area (Å²) in [6.45, 7) is 4.77. The van der Waals surface area contributed by atoms with Crippen LogP contribution in [0.15, 0.2) is 4.99 Å². The average Bonchev–Trinajstić information content (AvgIpc) is 2.60. The molecule has 0 amide bonds. The lowest BCUT2D eigenvalue weighted by atomic mass is 9.49. The first-order chi connectivity index (χ1) is 11.0. The summed E-state index contributed by atoms with van der Waals surface area (Å²) in [5, 5.41) is 8.72. The number of carbonyl (C=O) groups excluding carboxylic acids is 1. The molecule has 3 fully saturated rings. The fraction of sp³-hybridized carbons (Fsp3) is 0.850. The van der Waals surface area contributed by atoms with Crippen molar-refractivity contribution in [3.8, 4) is 0 Å². The summed E-state index contributed by atoms with van der Waals surface area (Å²) in [6.07, 6.45) is 9.02. The van der Waals surface area contributed by atoms with E-state index in [1.54, 1.807) is 0 Å². The van der Waals surface area contributed by atoms with Gasteiger partial charge in [0.1, 0.15) is 5.78 Å². The van der Waals surface area contributed by atoms with Crippen LogP contribution in [0.2, 0.25) is 0 Å². The predicted molar refractivity (Wildman–Crippen MR) is 95.4 cm³/mol. The normalized spacial score (nSPS) is 44.0. The van der Waals surface area contributed by atoms with Gasteiger partial charge >= 0.3 is 0 Å². The second-order valence-electron chi connectivity index (χ2n) is 8.50. The molecular weight excluding hydrogens is 284 g/mol. The minimum absolute atomic E-state index is 0.246. The Labute approximate surface area is 140 Å². The molecule has 0 radical (unpaired) electrons. The maximum absolute atomic E-state index is 12.0. The Kier molecular flexibility index (Phi) is 4.75. The van der Waals surface area contributed by atoms with Gasteiger partial charge in [-0.2, -0.15) is 0 Å². The van der Waals surface area contributed by atoms with Gasteiger partial charge in [0.05, 0.1) is 0 Å². The van der Waals surface area contributed by atoms with E-state index in [2.05, 4.69) is 18.8 Å². The van der Waals surface area contributed by atoms with Crippen molar-refractivity contribution in [1.82, 2.24) is 0 Å². The average molecular weight is 316 g/mol. The van der Waals surface area contributed by atoms with Crippen LogP contribution in [0, 0.1) is 34.5 Å². The lowest BCUT2D eigenvalue weighted by Crippen LogP contribution is -2.52. The van der Waals surface area contributed by atoms with E-state index in [-0.39, 0.29) is 5.41 Å². The summed E-state index contributed by atoms with van der Waals surface area (Å²) in [5.74, 6) is 2.70. The molecule has 0 aromatic heterocycles. The van der Waals surface area contributed by atoms with Gasteiger partial charge in [0, 0.05) is 37.2 Å². The topological polar surface area (TPSA) is 53.3 Å². The van der Waals surface area contributed by atoms with E-state index in [0.717, 1.165) is 50.7 Å². The fourth-order valence-electron chi connectivity index (χ4n) is 5.74. The van der Waals surface area contributed by atoms with E-state index in [0.29, 0.717) is 29.5 Å². The van der Waals surface area contributed by atoms with E-state index in [4.69, 9.17) is 5.41 Å². The van der Waals surface area contributed by atoms with Crippen LogP contribution >= 0.6 is 0 Å². The molecule has 5 unspecified atom stereocenters. The Hall–Kier alpha value is -0.990. The lowest BCUT2D eigenvalue weighted by molar-refractivity contribution is -0.119. The first kappa shape index (κ1) is 16.9. The number of hydrogen-bond acceptors (Lipinski definition) is 3. The highest BCUT2D eigenvalue weighted by Crippen LogP contribution is 2.57. The van der Waals surface area contributed by atoms with Crippen LogP contribution in [-0.2, 0) is 4.79 Å². The van der Waals surface area contributed by atoms with Crippen LogP contribution < -0.4 is 0 Å². The van der Waals surface area contributed by atoms with Gasteiger partial charge in [-0.3, -0.25) is 9.79 Å². The zero-order valence-corrected chi connectivity index (χ0v) is 15.0. The van der Waals surface area contributed by atoms with Gasteiger partial charge in [0.15, 0.2) is 0 Å². The number of nitrogens with one attached hydrogen (secondary N) is 1. The molecule has 3 saturated carbocycles. The predicted octanol–water partition coefficient (Wildman–Crippen LogP) is 4.69.